The molecular weight excluding hydrogens is 250 g/mol. The van der Waals surface area contributed by atoms with Gasteiger partial charge in [-0.25, -0.2) is 0 Å². The Labute approximate surface area is 124 Å². The minimum Gasteiger partial charge on any atom is -0.325 e. The Morgan fingerprint density at radius 2 is 1.80 bits per heavy atom. The van der Waals surface area contributed by atoms with Crippen molar-refractivity contribution >= 4 is 5.91 Å². The average Bonchev–Trinajstić information content (AvgIpc) is 2.57. The van der Waals surface area contributed by atoms with E-state index in [4.69, 9.17) is 0 Å². The summed E-state index contributed by atoms with van der Waals surface area (Å²) < 4.78 is 0. The zero-order valence-corrected chi connectivity index (χ0v) is 14.2. The monoisotopic (exact) mass is 283 g/mol. The second kappa shape index (κ2) is 7.41. The molecule has 1 fully saturated rings. The van der Waals surface area contributed by atoms with Gasteiger partial charge in [0.05, 0.1) is 12.2 Å². The summed E-state index contributed by atoms with van der Waals surface area (Å²) in [6.07, 6.45) is 4.38. The summed E-state index contributed by atoms with van der Waals surface area (Å²) >= 11 is 0. The number of hydrogen-bond acceptors (Lipinski definition) is 3. The molecule has 0 aromatic heterocycles. The number of nitrogens with one attached hydrogen (secondary N) is 1. The average molecular weight is 283 g/mol. The maximum absolute atomic E-state index is 12.6. The first-order valence-corrected chi connectivity index (χ1v) is 8.02. The quantitative estimate of drug-likeness (QED) is 0.742. The maximum Gasteiger partial charge on any atom is 0.241 e. The van der Waals surface area contributed by atoms with Crippen LogP contribution in [0.4, 0.5) is 0 Å². The van der Waals surface area contributed by atoms with Crippen molar-refractivity contribution < 1.29 is 4.79 Å². The van der Waals surface area contributed by atoms with E-state index < -0.39 is 0 Å². The van der Waals surface area contributed by atoms with Crippen LogP contribution < -0.4 is 5.32 Å². The van der Waals surface area contributed by atoms with Crippen molar-refractivity contribution in [1.29, 1.82) is 0 Å². The first-order valence-electron chi connectivity index (χ1n) is 8.02. The van der Waals surface area contributed by atoms with Crippen molar-refractivity contribution in [2.75, 3.05) is 27.2 Å². The molecule has 0 spiro atoms. The van der Waals surface area contributed by atoms with Crippen LogP contribution in [-0.2, 0) is 4.79 Å². The molecule has 0 aromatic carbocycles. The van der Waals surface area contributed by atoms with E-state index >= 15 is 0 Å². The van der Waals surface area contributed by atoms with E-state index in [0.29, 0.717) is 5.91 Å². The second-order valence-electron chi connectivity index (χ2n) is 7.18. The van der Waals surface area contributed by atoms with Crippen LogP contribution in [0.25, 0.3) is 0 Å². The molecule has 4 heteroatoms. The largest absolute Gasteiger partial charge is 0.325 e. The molecule has 0 saturated carbocycles. The predicted octanol–water partition coefficient (Wildman–Crippen LogP) is 2.30. The number of carbonyl (C=O) groups is 1. The van der Waals surface area contributed by atoms with Crippen molar-refractivity contribution in [3.8, 4) is 0 Å². The Bertz CT molecular complexity index is 315. The Kier molecular flexibility index (Phi) is 6.46. The van der Waals surface area contributed by atoms with Crippen LogP contribution in [0.3, 0.4) is 0 Å². The summed E-state index contributed by atoms with van der Waals surface area (Å²) in [5, 5.41) is 3.53. The lowest BCUT2D eigenvalue weighted by Gasteiger charge is -2.35. The third kappa shape index (κ3) is 4.74. The Morgan fingerprint density at radius 1 is 1.20 bits per heavy atom. The van der Waals surface area contributed by atoms with Gasteiger partial charge in [0.15, 0.2) is 0 Å². The van der Waals surface area contributed by atoms with E-state index in [1.807, 2.05) is 0 Å². The van der Waals surface area contributed by atoms with Gasteiger partial charge in [-0.2, -0.15) is 0 Å². The molecule has 1 N–H and O–H groups in total. The third-order valence-corrected chi connectivity index (χ3v) is 3.83. The molecule has 118 valence electrons. The van der Waals surface area contributed by atoms with E-state index in [2.05, 4.69) is 56.9 Å². The van der Waals surface area contributed by atoms with Crippen molar-refractivity contribution in [3.63, 3.8) is 0 Å². The van der Waals surface area contributed by atoms with E-state index in [-0.39, 0.29) is 17.6 Å². The van der Waals surface area contributed by atoms with Gasteiger partial charge in [-0.1, -0.05) is 40.5 Å². The predicted molar refractivity (Wildman–Crippen MR) is 84.6 cm³/mol. The molecule has 0 aliphatic carbocycles. The molecule has 1 aliphatic heterocycles. The summed E-state index contributed by atoms with van der Waals surface area (Å²) in [6, 6.07) is 0.0340. The molecule has 0 bridgehead atoms. The number of rotatable bonds is 8. The normalized spacial score (nSPS) is 23.9. The first-order chi connectivity index (χ1) is 9.30. The Morgan fingerprint density at radius 3 is 2.30 bits per heavy atom. The first kappa shape index (κ1) is 17.4. The molecule has 1 rings (SSSR count). The van der Waals surface area contributed by atoms with Gasteiger partial charge < -0.3 is 9.80 Å². The smallest absolute Gasteiger partial charge is 0.241 e. The maximum atomic E-state index is 12.6. The topological polar surface area (TPSA) is 35.6 Å². The second-order valence-corrected chi connectivity index (χ2v) is 7.18. The molecule has 0 radical (unpaired) electrons. The standard InChI is InChI=1S/C16H33N3O/c1-7-9-13-15(20)19(14(17-13)10-8-2)12-16(3,4)11-18(5)6/h13-14,17H,7-12H2,1-6H3. The van der Waals surface area contributed by atoms with Crippen LogP contribution >= 0.6 is 0 Å². The van der Waals surface area contributed by atoms with Crippen LogP contribution in [0.15, 0.2) is 0 Å². The van der Waals surface area contributed by atoms with Gasteiger partial charge in [-0.15, -0.1) is 0 Å². The van der Waals surface area contributed by atoms with Gasteiger partial charge in [-0.3, -0.25) is 10.1 Å². The van der Waals surface area contributed by atoms with E-state index in [9.17, 15) is 4.79 Å². The fraction of sp³-hybridized carbons (Fsp3) is 0.938. The van der Waals surface area contributed by atoms with Crippen LogP contribution in [0.1, 0.15) is 53.4 Å². The number of carbonyl (C=O) groups excluding carboxylic acids is 1. The van der Waals surface area contributed by atoms with Gasteiger partial charge in [-0.05, 0) is 32.4 Å². The van der Waals surface area contributed by atoms with E-state index in [1.54, 1.807) is 0 Å². The highest BCUT2D eigenvalue weighted by molar-refractivity contribution is 5.84. The lowest BCUT2D eigenvalue weighted by molar-refractivity contribution is -0.131. The molecule has 1 amide bonds. The van der Waals surface area contributed by atoms with Crippen LogP contribution in [-0.4, -0.2) is 55.1 Å². The third-order valence-electron chi connectivity index (χ3n) is 3.83. The van der Waals surface area contributed by atoms with Gasteiger partial charge in [0.2, 0.25) is 5.91 Å². The summed E-state index contributed by atoms with van der Waals surface area (Å²) in [4.78, 5) is 16.9. The van der Waals surface area contributed by atoms with Gasteiger partial charge >= 0.3 is 0 Å². The summed E-state index contributed by atoms with van der Waals surface area (Å²) in [7, 11) is 4.18. The van der Waals surface area contributed by atoms with Crippen molar-refractivity contribution in [1.82, 2.24) is 15.1 Å². The Hall–Kier alpha value is -0.610. The van der Waals surface area contributed by atoms with Crippen LogP contribution in [0.2, 0.25) is 0 Å². The lowest BCUT2D eigenvalue weighted by atomic mass is 9.91. The SMILES string of the molecule is CCCC1NC(CCC)N(CC(C)(C)CN(C)C)C1=O. The van der Waals surface area contributed by atoms with Crippen molar-refractivity contribution in [2.45, 2.75) is 65.6 Å². The summed E-state index contributed by atoms with van der Waals surface area (Å²) in [5.74, 6) is 0.303. The molecule has 20 heavy (non-hydrogen) atoms. The Balaban J connectivity index is 2.75. The minimum atomic E-state index is 0.0340. The number of hydrogen-bond donors (Lipinski definition) is 1. The van der Waals surface area contributed by atoms with E-state index in [0.717, 1.165) is 38.8 Å². The molecule has 0 aromatic rings. The molecular formula is C16H33N3O. The minimum absolute atomic E-state index is 0.0340. The van der Waals surface area contributed by atoms with Crippen LogP contribution in [0, 0.1) is 5.41 Å². The summed E-state index contributed by atoms with van der Waals surface area (Å²) in [6.45, 7) is 10.6. The highest BCUT2D eigenvalue weighted by atomic mass is 16.2. The highest BCUT2D eigenvalue weighted by Crippen LogP contribution is 2.25. The molecule has 2 atom stereocenters. The molecule has 1 heterocycles. The zero-order valence-electron chi connectivity index (χ0n) is 14.2. The zero-order chi connectivity index (χ0) is 15.3. The highest BCUT2D eigenvalue weighted by Gasteiger charge is 2.40. The van der Waals surface area contributed by atoms with Gasteiger partial charge in [0, 0.05) is 13.1 Å². The molecule has 1 aliphatic rings. The molecule has 2 unspecified atom stereocenters. The summed E-state index contributed by atoms with van der Waals surface area (Å²) in [5.41, 5.74) is 0.119. The lowest BCUT2D eigenvalue weighted by Crippen LogP contribution is -2.45. The fourth-order valence-corrected chi connectivity index (χ4v) is 3.31. The van der Waals surface area contributed by atoms with Crippen molar-refractivity contribution in [2.24, 2.45) is 5.41 Å². The molecule has 1 saturated heterocycles. The van der Waals surface area contributed by atoms with Crippen LogP contribution in [0.5, 0.6) is 0 Å². The van der Waals surface area contributed by atoms with Gasteiger partial charge in [0.25, 0.3) is 0 Å². The van der Waals surface area contributed by atoms with Gasteiger partial charge in [0.1, 0.15) is 0 Å². The van der Waals surface area contributed by atoms with Crippen molar-refractivity contribution in [3.05, 3.63) is 0 Å². The molecule has 4 nitrogen and oxygen atoms in total. The number of amides is 1. The van der Waals surface area contributed by atoms with E-state index in [1.165, 1.54) is 0 Å². The fourth-order valence-electron chi connectivity index (χ4n) is 3.31. The number of nitrogens with zero attached hydrogens (tertiary/aromatic N) is 2.